The molecule has 7 heteroatoms. The second kappa shape index (κ2) is 4.60. The molecule has 0 radical (unpaired) electrons. The molecule has 7 nitrogen and oxygen atoms in total. The maximum absolute atomic E-state index is 10.1. The fourth-order valence-electron chi connectivity index (χ4n) is 0.661. The third-order valence-electron chi connectivity index (χ3n) is 1.32. The molecule has 0 aliphatic carbocycles. The smallest absolute Gasteiger partial charge is 0.309 e. The summed E-state index contributed by atoms with van der Waals surface area (Å²) in [6, 6.07) is 0. The number of rotatable bonds is 5. The van der Waals surface area contributed by atoms with E-state index in [1.165, 1.54) is 0 Å². The summed E-state index contributed by atoms with van der Waals surface area (Å²) in [4.78, 5) is 20.1. The van der Waals surface area contributed by atoms with E-state index in [2.05, 4.69) is 0 Å². The standard InChI is InChI=1S/C5H11N3O4/c1-6(2)4-3-5(7(9)10)8(11)12/h5H,3-4H2,1-2H3. The monoisotopic (exact) mass is 177 g/mol. The predicted molar refractivity (Wildman–Crippen MR) is 40.9 cm³/mol. The van der Waals surface area contributed by atoms with E-state index in [-0.39, 0.29) is 6.42 Å². The van der Waals surface area contributed by atoms with E-state index in [1.807, 2.05) is 0 Å². The van der Waals surface area contributed by atoms with Crippen LogP contribution < -0.4 is 0 Å². The van der Waals surface area contributed by atoms with Crippen molar-refractivity contribution in [2.24, 2.45) is 0 Å². The Labute approximate surface area is 69.3 Å². The molecule has 0 rings (SSSR count). The summed E-state index contributed by atoms with van der Waals surface area (Å²) < 4.78 is 0. The van der Waals surface area contributed by atoms with Crippen LogP contribution in [0.25, 0.3) is 0 Å². The zero-order valence-corrected chi connectivity index (χ0v) is 6.97. The lowest BCUT2D eigenvalue weighted by atomic mass is 10.3. The van der Waals surface area contributed by atoms with E-state index in [4.69, 9.17) is 0 Å². The van der Waals surface area contributed by atoms with Gasteiger partial charge in [0.05, 0.1) is 16.3 Å². The Bertz CT molecular complexity index is 168. The first-order valence-corrected chi connectivity index (χ1v) is 3.37. The highest BCUT2D eigenvalue weighted by Gasteiger charge is 2.31. The first-order chi connectivity index (χ1) is 5.45. The molecule has 0 spiro atoms. The van der Waals surface area contributed by atoms with Gasteiger partial charge in [-0.25, -0.2) is 0 Å². The molecule has 0 atom stereocenters. The summed E-state index contributed by atoms with van der Waals surface area (Å²) in [6.45, 7) is 0.340. The summed E-state index contributed by atoms with van der Waals surface area (Å²) in [5.41, 5.74) is 0. The molecule has 0 aliphatic heterocycles. The van der Waals surface area contributed by atoms with Crippen LogP contribution in [0, 0.1) is 20.2 Å². The van der Waals surface area contributed by atoms with Gasteiger partial charge < -0.3 is 4.90 Å². The Hall–Kier alpha value is -1.24. The van der Waals surface area contributed by atoms with Gasteiger partial charge >= 0.3 is 6.17 Å². The first kappa shape index (κ1) is 10.8. The summed E-state index contributed by atoms with van der Waals surface area (Å²) in [6.07, 6.45) is -1.74. The molecule has 0 aromatic rings. The highest BCUT2D eigenvalue weighted by Crippen LogP contribution is 1.98. The van der Waals surface area contributed by atoms with Crippen LogP contribution >= 0.6 is 0 Å². The third-order valence-corrected chi connectivity index (χ3v) is 1.32. The van der Waals surface area contributed by atoms with Gasteiger partial charge in [-0.3, -0.25) is 20.2 Å². The van der Waals surface area contributed by atoms with Gasteiger partial charge in [0.15, 0.2) is 0 Å². The summed E-state index contributed by atoms with van der Waals surface area (Å²) in [7, 11) is 3.41. The van der Waals surface area contributed by atoms with Crippen LogP contribution in [0.5, 0.6) is 0 Å². The Morgan fingerprint density at radius 2 is 1.67 bits per heavy atom. The summed E-state index contributed by atoms with van der Waals surface area (Å²) >= 11 is 0. The summed E-state index contributed by atoms with van der Waals surface area (Å²) in [5, 5.41) is 20.2. The zero-order chi connectivity index (χ0) is 9.72. The number of nitro groups is 2. The first-order valence-electron chi connectivity index (χ1n) is 3.37. The molecule has 0 aromatic heterocycles. The van der Waals surface area contributed by atoms with Crippen molar-refractivity contribution in [2.45, 2.75) is 12.6 Å². The van der Waals surface area contributed by atoms with Gasteiger partial charge in [-0.05, 0) is 14.1 Å². The van der Waals surface area contributed by atoms with Crippen LogP contribution in [-0.2, 0) is 0 Å². The highest BCUT2D eigenvalue weighted by molar-refractivity contribution is 4.47. The van der Waals surface area contributed by atoms with Crippen LogP contribution in [0.3, 0.4) is 0 Å². The van der Waals surface area contributed by atoms with E-state index in [0.29, 0.717) is 6.54 Å². The van der Waals surface area contributed by atoms with Crippen LogP contribution in [0.2, 0.25) is 0 Å². The van der Waals surface area contributed by atoms with Crippen LogP contribution in [0.4, 0.5) is 0 Å². The van der Waals surface area contributed by atoms with Crippen LogP contribution in [-0.4, -0.2) is 41.6 Å². The molecular formula is C5H11N3O4. The number of nitrogens with zero attached hydrogens (tertiary/aromatic N) is 3. The van der Waals surface area contributed by atoms with Crippen molar-refractivity contribution < 1.29 is 9.85 Å². The molecule has 0 aromatic carbocycles. The lowest BCUT2D eigenvalue weighted by Crippen LogP contribution is -2.32. The van der Waals surface area contributed by atoms with Gasteiger partial charge in [0.1, 0.15) is 0 Å². The molecular weight excluding hydrogens is 166 g/mol. The van der Waals surface area contributed by atoms with Gasteiger partial charge in [-0.2, -0.15) is 0 Å². The average molecular weight is 177 g/mol. The minimum atomic E-state index is -1.67. The number of hydrogen-bond donors (Lipinski definition) is 0. The lowest BCUT2D eigenvalue weighted by molar-refractivity contribution is -0.742. The molecule has 0 saturated carbocycles. The van der Waals surface area contributed by atoms with Gasteiger partial charge in [0.25, 0.3) is 0 Å². The molecule has 0 saturated heterocycles. The van der Waals surface area contributed by atoms with Crippen molar-refractivity contribution in [2.75, 3.05) is 20.6 Å². The molecule has 0 bridgehead atoms. The van der Waals surface area contributed by atoms with Gasteiger partial charge in [-0.1, -0.05) is 0 Å². The quantitative estimate of drug-likeness (QED) is 0.330. The van der Waals surface area contributed by atoms with Crippen molar-refractivity contribution in [3.05, 3.63) is 20.2 Å². The summed E-state index contributed by atoms with van der Waals surface area (Å²) in [5.74, 6) is 0. The van der Waals surface area contributed by atoms with Crippen molar-refractivity contribution in [3.8, 4) is 0 Å². The molecule has 12 heavy (non-hydrogen) atoms. The molecule has 0 fully saturated rings. The molecule has 70 valence electrons. The second-order valence-electron chi connectivity index (χ2n) is 2.64. The van der Waals surface area contributed by atoms with Crippen molar-refractivity contribution in [1.29, 1.82) is 0 Å². The minimum Gasteiger partial charge on any atom is -0.309 e. The Morgan fingerprint density at radius 3 is 1.92 bits per heavy atom. The SMILES string of the molecule is CN(C)CCC([N+](=O)[O-])[N+](=O)[O-]. The van der Waals surface area contributed by atoms with E-state index in [1.54, 1.807) is 19.0 Å². The molecule has 0 heterocycles. The average Bonchev–Trinajstić information content (AvgIpc) is 1.84. The normalized spacial score (nSPS) is 10.7. The fourth-order valence-corrected chi connectivity index (χ4v) is 0.661. The van der Waals surface area contributed by atoms with Crippen molar-refractivity contribution >= 4 is 0 Å². The maximum atomic E-state index is 10.1. The van der Waals surface area contributed by atoms with Gasteiger partial charge in [0, 0.05) is 6.54 Å². The molecule has 0 amide bonds. The zero-order valence-electron chi connectivity index (χ0n) is 6.97. The number of hydrogen-bond acceptors (Lipinski definition) is 5. The highest BCUT2D eigenvalue weighted by atomic mass is 16.7. The predicted octanol–water partition coefficient (Wildman–Crippen LogP) is -0.182. The Morgan fingerprint density at radius 1 is 1.25 bits per heavy atom. The maximum Gasteiger partial charge on any atom is 0.452 e. The van der Waals surface area contributed by atoms with E-state index < -0.39 is 16.0 Å². The minimum absolute atomic E-state index is 0.0625. The molecule has 0 unspecified atom stereocenters. The van der Waals surface area contributed by atoms with Crippen LogP contribution in [0.1, 0.15) is 6.42 Å². The van der Waals surface area contributed by atoms with Crippen LogP contribution in [0.15, 0.2) is 0 Å². The van der Waals surface area contributed by atoms with Gasteiger partial charge in [-0.15, -0.1) is 0 Å². The van der Waals surface area contributed by atoms with Crippen molar-refractivity contribution in [1.82, 2.24) is 4.90 Å². The largest absolute Gasteiger partial charge is 0.452 e. The molecule has 0 aliphatic rings. The molecule has 0 N–H and O–H groups in total. The Balaban J connectivity index is 3.97. The van der Waals surface area contributed by atoms with E-state index in [0.717, 1.165) is 0 Å². The Kier molecular flexibility index (Phi) is 4.12. The topological polar surface area (TPSA) is 89.5 Å². The fraction of sp³-hybridized carbons (Fsp3) is 1.00. The lowest BCUT2D eigenvalue weighted by Gasteiger charge is -2.07. The second-order valence-corrected chi connectivity index (χ2v) is 2.64. The van der Waals surface area contributed by atoms with E-state index in [9.17, 15) is 20.2 Å². The van der Waals surface area contributed by atoms with Crippen molar-refractivity contribution in [3.63, 3.8) is 0 Å². The van der Waals surface area contributed by atoms with E-state index >= 15 is 0 Å². The van der Waals surface area contributed by atoms with Gasteiger partial charge in [0.2, 0.25) is 0 Å². The third kappa shape index (κ3) is 3.81.